The lowest BCUT2D eigenvalue weighted by atomic mass is 10.0. The van der Waals surface area contributed by atoms with Crippen LogP contribution in [0.25, 0.3) is 0 Å². The molecule has 0 bridgehead atoms. The average Bonchev–Trinajstić information content (AvgIpc) is 2.52. The molecule has 0 saturated carbocycles. The third kappa shape index (κ3) is 6.83. The second-order valence-electron chi connectivity index (χ2n) is 6.03. The highest BCUT2D eigenvalue weighted by molar-refractivity contribution is 5.77. The van der Waals surface area contributed by atoms with E-state index >= 15 is 0 Å². The maximum absolute atomic E-state index is 11.5. The van der Waals surface area contributed by atoms with Gasteiger partial charge >= 0.3 is 11.9 Å². The van der Waals surface area contributed by atoms with Crippen LogP contribution in [-0.4, -0.2) is 40.8 Å². The SMILES string of the molecule is C=CCOc1ccc(CC(NC(CC(C)C)C(=O)O)C(=O)O)cc1. The largest absolute Gasteiger partial charge is 0.490 e. The normalized spacial score (nSPS) is 13.3. The van der Waals surface area contributed by atoms with E-state index in [4.69, 9.17) is 4.74 Å². The van der Waals surface area contributed by atoms with E-state index in [0.29, 0.717) is 18.8 Å². The molecule has 1 rings (SSSR count). The van der Waals surface area contributed by atoms with Crippen LogP contribution in [0.15, 0.2) is 36.9 Å². The van der Waals surface area contributed by atoms with Gasteiger partial charge in [0.2, 0.25) is 0 Å². The van der Waals surface area contributed by atoms with Gasteiger partial charge in [0.15, 0.2) is 0 Å². The van der Waals surface area contributed by atoms with Crippen LogP contribution in [0.4, 0.5) is 0 Å². The fourth-order valence-electron chi connectivity index (χ4n) is 2.28. The minimum absolute atomic E-state index is 0.148. The van der Waals surface area contributed by atoms with E-state index < -0.39 is 24.0 Å². The van der Waals surface area contributed by atoms with E-state index in [1.54, 1.807) is 30.3 Å². The predicted molar refractivity (Wildman–Crippen MR) is 91.3 cm³/mol. The van der Waals surface area contributed by atoms with Gasteiger partial charge in [0, 0.05) is 0 Å². The second kappa shape index (κ2) is 9.72. The van der Waals surface area contributed by atoms with Gasteiger partial charge in [-0.3, -0.25) is 14.9 Å². The van der Waals surface area contributed by atoms with Gasteiger partial charge in [-0.1, -0.05) is 38.6 Å². The number of carbonyl (C=O) groups is 2. The van der Waals surface area contributed by atoms with Crippen LogP contribution in [0.2, 0.25) is 0 Å². The fraction of sp³-hybridized carbons (Fsp3) is 0.444. The molecular formula is C18H25NO5. The van der Waals surface area contributed by atoms with Gasteiger partial charge in [-0.15, -0.1) is 0 Å². The van der Waals surface area contributed by atoms with Crippen molar-refractivity contribution in [2.24, 2.45) is 5.92 Å². The van der Waals surface area contributed by atoms with Crippen LogP contribution in [0.1, 0.15) is 25.8 Å². The van der Waals surface area contributed by atoms with Gasteiger partial charge in [-0.2, -0.15) is 0 Å². The molecule has 1 aromatic carbocycles. The van der Waals surface area contributed by atoms with Crippen LogP contribution >= 0.6 is 0 Å². The highest BCUT2D eigenvalue weighted by Gasteiger charge is 2.26. The Morgan fingerprint density at radius 1 is 1.17 bits per heavy atom. The number of aliphatic carboxylic acids is 2. The minimum Gasteiger partial charge on any atom is -0.490 e. The van der Waals surface area contributed by atoms with E-state index in [9.17, 15) is 19.8 Å². The number of carboxylic acid groups (broad SMARTS) is 2. The van der Waals surface area contributed by atoms with E-state index in [1.807, 2.05) is 13.8 Å². The first kappa shape index (κ1) is 19.7. The molecule has 0 spiro atoms. The van der Waals surface area contributed by atoms with Crippen LogP contribution in [-0.2, 0) is 16.0 Å². The molecule has 24 heavy (non-hydrogen) atoms. The number of rotatable bonds is 11. The Morgan fingerprint density at radius 2 is 1.75 bits per heavy atom. The first-order valence-electron chi connectivity index (χ1n) is 7.87. The molecule has 0 heterocycles. The summed E-state index contributed by atoms with van der Waals surface area (Å²) < 4.78 is 5.37. The molecule has 6 heteroatoms. The van der Waals surface area contributed by atoms with Gasteiger partial charge in [0.25, 0.3) is 0 Å². The average molecular weight is 335 g/mol. The van der Waals surface area contributed by atoms with Crippen molar-refractivity contribution in [3.63, 3.8) is 0 Å². The van der Waals surface area contributed by atoms with Crippen LogP contribution in [0.3, 0.4) is 0 Å². The third-order valence-corrected chi connectivity index (χ3v) is 3.44. The summed E-state index contributed by atoms with van der Waals surface area (Å²) in [6.45, 7) is 7.76. The number of ether oxygens (including phenoxy) is 1. The Hall–Kier alpha value is -2.34. The van der Waals surface area contributed by atoms with Crippen LogP contribution in [0.5, 0.6) is 5.75 Å². The fourth-order valence-corrected chi connectivity index (χ4v) is 2.28. The summed E-state index contributed by atoms with van der Waals surface area (Å²) in [4.78, 5) is 22.8. The second-order valence-corrected chi connectivity index (χ2v) is 6.03. The summed E-state index contributed by atoms with van der Waals surface area (Å²) in [6.07, 6.45) is 2.20. The molecular weight excluding hydrogens is 310 g/mol. The smallest absolute Gasteiger partial charge is 0.321 e. The Bertz CT molecular complexity index is 553. The number of nitrogens with one attached hydrogen (secondary N) is 1. The number of benzene rings is 1. The summed E-state index contributed by atoms with van der Waals surface area (Å²) in [5, 5.41) is 21.4. The highest BCUT2D eigenvalue weighted by atomic mass is 16.5. The van der Waals surface area contributed by atoms with Gasteiger partial charge in [0.1, 0.15) is 24.4 Å². The summed E-state index contributed by atoms with van der Waals surface area (Å²) >= 11 is 0. The molecule has 0 saturated heterocycles. The van der Waals surface area contributed by atoms with Crippen LogP contribution in [0, 0.1) is 5.92 Å². The van der Waals surface area contributed by atoms with Crippen molar-refractivity contribution in [1.29, 1.82) is 0 Å². The van der Waals surface area contributed by atoms with E-state index in [1.165, 1.54) is 0 Å². The molecule has 0 aliphatic heterocycles. The first-order chi connectivity index (χ1) is 11.3. The lowest BCUT2D eigenvalue weighted by molar-refractivity contribution is -0.142. The van der Waals surface area contributed by atoms with Gasteiger partial charge in [-0.05, 0) is 36.5 Å². The van der Waals surface area contributed by atoms with Crippen molar-refractivity contribution in [3.05, 3.63) is 42.5 Å². The first-order valence-corrected chi connectivity index (χ1v) is 7.87. The molecule has 3 N–H and O–H groups in total. The van der Waals surface area contributed by atoms with Crippen LogP contribution < -0.4 is 10.1 Å². The quantitative estimate of drug-likeness (QED) is 0.537. The molecule has 0 amide bonds. The number of hydrogen-bond acceptors (Lipinski definition) is 4. The minimum atomic E-state index is -1.07. The predicted octanol–water partition coefficient (Wildman–Crippen LogP) is 2.34. The Labute approximate surface area is 142 Å². The van der Waals surface area contributed by atoms with Crippen molar-refractivity contribution in [3.8, 4) is 5.75 Å². The molecule has 6 nitrogen and oxygen atoms in total. The lowest BCUT2D eigenvalue weighted by Crippen LogP contribution is -2.48. The molecule has 0 fully saturated rings. The number of hydrogen-bond donors (Lipinski definition) is 3. The Kier molecular flexibility index (Phi) is 7.98. The van der Waals surface area contributed by atoms with Gasteiger partial charge in [0.05, 0.1) is 0 Å². The maximum Gasteiger partial charge on any atom is 0.321 e. The van der Waals surface area contributed by atoms with Gasteiger partial charge < -0.3 is 14.9 Å². The van der Waals surface area contributed by atoms with Crippen molar-refractivity contribution in [2.45, 2.75) is 38.8 Å². The van der Waals surface area contributed by atoms with E-state index in [0.717, 1.165) is 5.56 Å². The molecule has 1 aromatic rings. The molecule has 2 unspecified atom stereocenters. The maximum atomic E-state index is 11.5. The lowest BCUT2D eigenvalue weighted by Gasteiger charge is -2.21. The van der Waals surface area contributed by atoms with E-state index in [-0.39, 0.29) is 12.3 Å². The topological polar surface area (TPSA) is 95.9 Å². The Balaban J connectivity index is 2.76. The van der Waals surface area contributed by atoms with Crippen molar-refractivity contribution >= 4 is 11.9 Å². The van der Waals surface area contributed by atoms with Crippen molar-refractivity contribution in [2.75, 3.05) is 6.61 Å². The molecule has 0 aromatic heterocycles. The highest BCUT2D eigenvalue weighted by Crippen LogP contribution is 2.14. The summed E-state index contributed by atoms with van der Waals surface area (Å²) in [5.74, 6) is -1.30. The third-order valence-electron chi connectivity index (χ3n) is 3.44. The zero-order valence-electron chi connectivity index (χ0n) is 14.1. The zero-order chi connectivity index (χ0) is 18.1. The van der Waals surface area contributed by atoms with Crippen molar-refractivity contribution < 1.29 is 24.5 Å². The molecule has 0 aliphatic carbocycles. The number of carboxylic acids is 2. The molecule has 0 aliphatic rings. The standard InChI is InChI=1S/C18H25NO5/c1-4-9-24-14-7-5-13(6-8-14)11-16(18(22)23)19-15(17(20)21)10-12(2)3/h4-8,12,15-16,19H,1,9-11H2,2-3H3,(H,20,21)(H,22,23). The van der Waals surface area contributed by atoms with E-state index in [2.05, 4.69) is 11.9 Å². The molecule has 0 radical (unpaired) electrons. The summed E-state index contributed by atoms with van der Waals surface area (Å²) in [5.41, 5.74) is 0.787. The van der Waals surface area contributed by atoms with Gasteiger partial charge in [-0.25, -0.2) is 0 Å². The zero-order valence-corrected chi connectivity index (χ0v) is 14.1. The summed E-state index contributed by atoms with van der Waals surface area (Å²) in [7, 11) is 0. The Morgan fingerprint density at radius 3 is 2.21 bits per heavy atom. The monoisotopic (exact) mass is 335 g/mol. The summed E-state index contributed by atoms with van der Waals surface area (Å²) in [6, 6.07) is 5.19. The molecule has 2 atom stereocenters. The van der Waals surface area contributed by atoms with Crippen molar-refractivity contribution in [1.82, 2.24) is 5.32 Å². The molecule has 132 valence electrons.